The van der Waals surface area contributed by atoms with Gasteiger partial charge in [-0.25, -0.2) is 0 Å². The highest BCUT2D eigenvalue weighted by Crippen LogP contribution is 2.53. The molecule has 104 valence electrons. The fraction of sp³-hybridized carbons (Fsp3) is 1.00. The van der Waals surface area contributed by atoms with E-state index in [4.69, 9.17) is 5.11 Å². The Morgan fingerprint density at radius 1 is 0.944 bits per heavy atom. The van der Waals surface area contributed by atoms with Crippen molar-refractivity contribution in [1.29, 1.82) is 0 Å². The van der Waals surface area contributed by atoms with Gasteiger partial charge in [0.25, 0.3) is 0 Å². The van der Waals surface area contributed by atoms with Crippen molar-refractivity contribution in [2.75, 3.05) is 37.7 Å². The quantitative estimate of drug-likeness (QED) is 0.829. The molecule has 1 N–H and O–H groups in total. The summed E-state index contributed by atoms with van der Waals surface area (Å²) in [5.74, 6) is 6.53. The molecule has 3 rings (SSSR count). The van der Waals surface area contributed by atoms with Gasteiger partial charge < -0.3 is 10.0 Å². The normalized spacial score (nSPS) is 40.5. The summed E-state index contributed by atoms with van der Waals surface area (Å²) in [6.07, 6.45) is 6.88. The molecule has 1 heterocycles. The zero-order valence-corrected chi connectivity index (χ0v) is 12.2. The zero-order valence-electron chi connectivity index (χ0n) is 11.4. The summed E-state index contributed by atoms with van der Waals surface area (Å²) in [5, 5.41) is 9.09. The highest BCUT2D eigenvalue weighted by molar-refractivity contribution is 7.99. The van der Waals surface area contributed by atoms with E-state index in [1.807, 2.05) is 0 Å². The number of fused-ring (bicyclic) bond motifs is 2. The third-order valence-electron chi connectivity index (χ3n) is 5.57. The number of thioether (sulfide) groups is 1. The molecule has 4 atom stereocenters. The van der Waals surface area contributed by atoms with Crippen LogP contribution >= 0.6 is 11.8 Å². The van der Waals surface area contributed by atoms with Crippen molar-refractivity contribution in [3.05, 3.63) is 0 Å². The highest BCUT2D eigenvalue weighted by Gasteiger charge is 2.44. The van der Waals surface area contributed by atoms with Crippen LogP contribution < -0.4 is 0 Å². The summed E-state index contributed by atoms with van der Waals surface area (Å²) in [4.78, 5) is 2.67. The van der Waals surface area contributed by atoms with E-state index in [1.165, 1.54) is 56.8 Å². The van der Waals surface area contributed by atoms with Gasteiger partial charge in [0.1, 0.15) is 0 Å². The van der Waals surface area contributed by atoms with Crippen molar-refractivity contribution < 1.29 is 5.11 Å². The number of nitrogens with zero attached hydrogens (tertiary/aromatic N) is 1. The summed E-state index contributed by atoms with van der Waals surface area (Å²) in [6, 6.07) is 0. The van der Waals surface area contributed by atoms with Gasteiger partial charge in [0, 0.05) is 31.2 Å². The van der Waals surface area contributed by atoms with E-state index in [9.17, 15) is 0 Å². The predicted octanol–water partition coefficient (Wildman–Crippen LogP) is 2.47. The van der Waals surface area contributed by atoms with Crippen molar-refractivity contribution in [2.24, 2.45) is 23.7 Å². The number of hydrogen-bond donors (Lipinski definition) is 1. The molecule has 3 aliphatic rings. The van der Waals surface area contributed by atoms with Crippen molar-refractivity contribution in [1.82, 2.24) is 4.90 Å². The van der Waals surface area contributed by atoms with E-state index < -0.39 is 0 Å². The lowest BCUT2D eigenvalue weighted by atomic mass is 9.79. The van der Waals surface area contributed by atoms with Crippen LogP contribution in [0.3, 0.4) is 0 Å². The Hall–Kier alpha value is 0.270. The van der Waals surface area contributed by atoms with Gasteiger partial charge in [0.2, 0.25) is 0 Å². The molecule has 18 heavy (non-hydrogen) atoms. The van der Waals surface area contributed by atoms with Gasteiger partial charge in [0.05, 0.1) is 0 Å². The van der Waals surface area contributed by atoms with Crippen molar-refractivity contribution >= 4 is 11.8 Å². The fourth-order valence-electron chi connectivity index (χ4n) is 4.56. The molecule has 0 aromatic rings. The summed E-state index contributed by atoms with van der Waals surface area (Å²) < 4.78 is 0. The Morgan fingerprint density at radius 2 is 1.61 bits per heavy atom. The second-order valence-corrected chi connectivity index (χ2v) is 7.73. The topological polar surface area (TPSA) is 23.5 Å². The third kappa shape index (κ3) is 2.88. The van der Waals surface area contributed by atoms with Gasteiger partial charge in [-0.1, -0.05) is 0 Å². The molecule has 0 amide bonds. The monoisotopic (exact) mass is 269 g/mol. The average Bonchev–Trinajstić information content (AvgIpc) is 2.97. The molecule has 2 saturated carbocycles. The minimum atomic E-state index is 0.407. The Morgan fingerprint density at radius 3 is 2.22 bits per heavy atom. The molecule has 3 heteroatoms. The van der Waals surface area contributed by atoms with Crippen molar-refractivity contribution in [3.63, 3.8) is 0 Å². The second kappa shape index (κ2) is 6.15. The van der Waals surface area contributed by atoms with E-state index in [0.717, 1.165) is 30.1 Å². The van der Waals surface area contributed by atoms with Crippen LogP contribution in [0.2, 0.25) is 0 Å². The lowest BCUT2D eigenvalue weighted by Crippen LogP contribution is -2.34. The SMILES string of the molecule is OCCC1CC2CC1CC2CCN1CCSCC1. The first kappa shape index (κ1) is 13.3. The Labute approximate surface area is 116 Å². The van der Waals surface area contributed by atoms with Crippen LogP contribution in [-0.4, -0.2) is 47.8 Å². The van der Waals surface area contributed by atoms with Gasteiger partial charge in [0.15, 0.2) is 0 Å². The number of aliphatic hydroxyl groups is 1. The molecule has 0 radical (unpaired) electrons. The van der Waals surface area contributed by atoms with Crippen LogP contribution in [0.1, 0.15) is 32.1 Å². The second-order valence-electron chi connectivity index (χ2n) is 6.50. The van der Waals surface area contributed by atoms with Crippen LogP contribution in [0.5, 0.6) is 0 Å². The van der Waals surface area contributed by atoms with E-state index in [0.29, 0.717) is 6.61 Å². The standard InChI is InChI=1S/C15H27NOS/c17-6-2-13-10-14-11-15(13)9-12(14)1-3-16-4-7-18-8-5-16/h12-15,17H,1-11H2. The number of rotatable bonds is 5. The summed E-state index contributed by atoms with van der Waals surface area (Å²) in [6.45, 7) is 4.39. The van der Waals surface area contributed by atoms with Gasteiger partial charge in [-0.15, -0.1) is 0 Å². The van der Waals surface area contributed by atoms with Gasteiger partial charge in [-0.3, -0.25) is 0 Å². The minimum Gasteiger partial charge on any atom is -0.396 e. The average molecular weight is 269 g/mol. The zero-order chi connectivity index (χ0) is 12.4. The maximum Gasteiger partial charge on any atom is 0.0433 e. The molecule has 3 fully saturated rings. The largest absolute Gasteiger partial charge is 0.396 e. The summed E-state index contributed by atoms with van der Waals surface area (Å²) >= 11 is 2.11. The lowest BCUT2D eigenvalue weighted by molar-refractivity contribution is 0.178. The van der Waals surface area contributed by atoms with Gasteiger partial charge in [-0.05, 0) is 62.3 Å². The molecule has 2 aliphatic carbocycles. The van der Waals surface area contributed by atoms with Gasteiger partial charge in [-0.2, -0.15) is 11.8 Å². The Bertz CT molecular complexity index is 267. The molecule has 1 aliphatic heterocycles. The molecule has 0 spiro atoms. The summed E-state index contributed by atoms with van der Waals surface area (Å²) in [5.41, 5.74) is 0. The van der Waals surface area contributed by atoms with Crippen molar-refractivity contribution in [2.45, 2.75) is 32.1 Å². The molecular formula is C15H27NOS. The lowest BCUT2D eigenvalue weighted by Gasteiger charge is -2.31. The predicted molar refractivity (Wildman–Crippen MR) is 77.9 cm³/mol. The van der Waals surface area contributed by atoms with E-state index in [-0.39, 0.29) is 0 Å². The van der Waals surface area contributed by atoms with E-state index >= 15 is 0 Å². The van der Waals surface area contributed by atoms with Crippen LogP contribution in [0.15, 0.2) is 0 Å². The molecule has 0 aromatic heterocycles. The van der Waals surface area contributed by atoms with Crippen molar-refractivity contribution in [3.8, 4) is 0 Å². The van der Waals surface area contributed by atoms with E-state index in [1.54, 1.807) is 0 Å². The Balaban J connectivity index is 1.41. The Kier molecular flexibility index (Phi) is 4.53. The van der Waals surface area contributed by atoms with E-state index in [2.05, 4.69) is 16.7 Å². The first-order chi connectivity index (χ1) is 8.86. The minimum absolute atomic E-state index is 0.407. The third-order valence-corrected chi connectivity index (χ3v) is 6.51. The summed E-state index contributed by atoms with van der Waals surface area (Å²) in [7, 11) is 0. The first-order valence-electron chi connectivity index (χ1n) is 7.77. The fourth-order valence-corrected chi connectivity index (χ4v) is 5.54. The molecule has 2 bridgehead atoms. The van der Waals surface area contributed by atoms with Crippen LogP contribution in [0, 0.1) is 23.7 Å². The molecule has 1 saturated heterocycles. The van der Waals surface area contributed by atoms with Gasteiger partial charge >= 0.3 is 0 Å². The number of hydrogen-bond acceptors (Lipinski definition) is 3. The molecular weight excluding hydrogens is 242 g/mol. The highest BCUT2D eigenvalue weighted by atomic mass is 32.2. The molecule has 4 unspecified atom stereocenters. The smallest absolute Gasteiger partial charge is 0.0433 e. The van der Waals surface area contributed by atoms with Crippen LogP contribution in [0.4, 0.5) is 0 Å². The maximum absolute atomic E-state index is 9.09. The molecule has 0 aromatic carbocycles. The molecule has 2 nitrogen and oxygen atoms in total. The van der Waals surface area contributed by atoms with Crippen LogP contribution in [-0.2, 0) is 0 Å². The van der Waals surface area contributed by atoms with Crippen LogP contribution in [0.25, 0.3) is 0 Å². The number of aliphatic hydroxyl groups excluding tert-OH is 1. The maximum atomic E-state index is 9.09. The first-order valence-corrected chi connectivity index (χ1v) is 8.93.